The molecule has 0 saturated carbocycles. The van der Waals surface area contributed by atoms with E-state index in [4.69, 9.17) is 32.7 Å². The van der Waals surface area contributed by atoms with E-state index in [2.05, 4.69) is 25.2 Å². The third kappa shape index (κ3) is 4.99. The maximum Gasteiger partial charge on any atom is 0.259 e. The molecular weight excluding hydrogens is 501 g/mol. The summed E-state index contributed by atoms with van der Waals surface area (Å²) in [4.78, 5) is 28.8. The van der Waals surface area contributed by atoms with E-state index in [9.17, 15) is 4.79 Å². The number of carbonyl (C=O) groups is 1. The van der Waals surface area contributed by atoms with Gasteiger partial charge in [-0.15, -0.1) is 0 Å². The van der Waals surface area contributed by atoms with E-state index in [0.717, 1.165) is 38.4 Å². The highest BCUT2D eigenvalue weighted by Gasteiger charge is 2.21. The summed E-state index contributed by atoms with van der Waals surface area (Å²) in [5.41, 5.74) is 3.56. The van der Waals surface area contributed by atoms with Crippen molar-refractivity contribution in [1.82, 2.24) is 19.9 Å². The highest BCUT2D eigenvalue weighted by atomic mass is 35.5. The third-order valence-corrected chi connectivity index (χ3v) is 6.68. The molecule has 1 fully saturated rings. The number of pyridine rings is 1. The Labute approximate surface area is 218 Å². The van der Waals surface area contributed by atoms with Crippen molar-refractivity contribution >= 4 is 46.0 Å². The predicted octanol–water partition coefficient (Wildman–Crippen LogP) is 5.09. The second-order valence-electron chi connectivity index (χ2n) is 8.25. The standard InChI is InChI=1S/C26H23Cl2N5O3/c1-35-20-6-5-19(27)22(23(20)28)17-3-4-18(25-24(17)29-8-9-30-25)26(34)32-21-7-2-16(14-31-21)15-33-10-12-36-13-11-33/h2-9,14H,10-13,15H2,1H3,(H,31,32,34). The van der Waals surface area contributed by atoms with Crippen molar-refractivity contribution in [3.8, 4) is 16.9 Å². The fourth-order valence-electron chi connectivity index (χ4n) is 4.17. The van der Waals surface area contributed by atoms with Crippen molar-refractivity contribution < 1.29 is 14.3 Å². The molecule has 1 amide bonds. The molecule has 1 N–H and O–H groups in total. The van der Waals surface area contributed by atoms with Gasteiger partial charge in [-0.05, 0) is 29.8 Å². The monoisotopic (exact) mass is 523 g/mol. The maximum absolute atomic E-state index is 13.2. The van der Waals surface area contributed by atoms with E-state index in [-0.39, 0.29) is 5.91 Å². The van der Waals surface area contributed by atoms with Gasteiger partial charge in [-0.3, -0.25) is 19.7 Å². The zero-order valence-electron chi connectivity index (χ0n) is 19.5. The quantitative estimate of drug-likeness (QED) is 0.376. The van der Waals surface area contributed by atoms with Crippen LogP contribution in [0.25, 0.3) is 22.2 Å². The molecule has 2 aromatic heterocycles. The zero-order chi connectivity index (χ0) is 25.1. The van der Waals surface area contributed by atoms with Crippen molar-refractivity contribution in [3.05, 3.63) is 76.2 Å². The molecule has 184 valence electrons. The van der Waals surface area contributed by atoms with Crippen molar-refractivity contribution in [2.75, 3.05) is 38.7 Å². The highest BCUT2D eigenvalue weighted by Crippen LogP contribution is 2.42. The fraction of sp³-hybridized carbons (Fsp3) is 0.231. The van der Waals surface area contributed by atoms with Crippen LogP contribution in [0.4, 0.5) is 5.82 Å². The molecule has 8 nitrogen and oxygen atoms in total. The number of hydrogen-bond donors (Lipinski definition) is 1. The van der Waals surface area contributed by atoms with Gasteiger partial charge in [0.2, 0.25) is 0 Å². The van der Waals surface area contributed by atoms with Gasteiger partial charge in [0.25, 0.3) is 5.91 Å². The summed E-state index contributed by atoms with van der Waals surface area (Å²) >= 11 is 13.1. The number of nitrogens with one attached hydrogen (secondary N) is 1. The van der Waals surface area contributed by atoms with Gasteiger partial charge in [0.05, 0.1) is 41.4 Å². The third-order valence-electron chi connectivity index (χ3n) is 5.99. The molecule has 0 unspecified atom stereocenters. The van der Waals surface area contributed by atoms with Crippen LogP contribution in [0.1, 0.15) is 15.9 Å². The van der Waals surface area contributed by atoms with Gasteiger partial charge in [0.15, 0.2) is 0 Å². The number of hydrogen-bond acceptors (Lipinski definition) is 7. The molecule has 0 spiro atoms. The number of halogens is 2. The molecule has 1 saturated heterocycles. The van der Waals surface area contributed by atoms with E-state index < -0.39 is 0 Å². The van der Waals surface area contributed by atoms with Gasteiger partial charge < -0.3 is 14.8 Å². The zero-order valence-corrected chi connectivity index (χ0v) is 21.0. The van der Waals surface area contributed by atoms with Crippen LogP contribution in [0.5, 0.6) is 5.75 Å². The number of aromatic nitrogens is 3. The van der Waals surface area contributed by atoms with E-state index in [1.54, 1.807) is 42.7 Å². The van der Waals surface area contributed by atoms with Crippen LogP contribution in [-0.4, -0.2) is 59.2 Å². The van der Waals surface area contributed by atoms with Gasteiger partial charge in [-0.1, -0.05) is 35.3 Å². The average molecular weight is 524 g/mol. The first-order valence-corrected chi connectivity index (χ1v) is 12.1. The summed E-state index contributed by atoms with van der Waals surface area (Å²) in [5.74, 6) is 0.590. The molecule has 0 atom stereocenters. The molecule has 3 heterocycles. The number of rotatable bonds is 6. The van der Waals surface area contributed by atoms with E-state index in [0.29, 0.717) is 49.3 Å². The van der Waals surface area contributed by atoms with E-state index in [1.807, 2.05) is 6.07 Å². The number of benzene rings is 2. The average Bonchev–Trinajstić information content (AvgIpc) is 2.90. The molecule has 4 aromatic rings. The number of carbonyl (C=O) groups excluding carboxylic acids is 1. The van der Waals surface area contributed by atoms with Crippen LogP contribution in [0.15, 0.2) is 55.0 Å². The molecule has 0 bridgehead atoms. The van der Waals surface area contributed by atoms with Crippen molar-refractivity contribution in [1.29, 1.82) is 0 Å². The van der Waals surface area contributed by atoms with Crippen LogP contribution in [0.2, 0.25) is 10.0 Å². The lowest BCUT2D eigenvalue weighted by molar-refractivity contribution is 0.0341. The first-order valence-electron chi connectivity index (χ1n) is 11.4. The van der Waals surface area contributed by atoms with E-state index in [1.165, 1.54) is 13.3 Å². The second-order valence-corrected chi connectivity index (χ2v) is 9.03. The second kappa shape index (κ2) is 10.8. The van der Waals surface area contributed by atoms with Crippen LogP contribution in [-0.2, 0) is 11.3 Å². The lowest BCUT2D eigenvalue weighted by Crippen LogP contribution is -2.35. The Morgan fingerprint density at radius 1 is 1.03 bits per heavy atom. The molecule has 2 aromatic carbocycles. The number of fused-ring (bicyclic) bond motifs is 1. The van der Waals surface area contributed by atoms with Gasteiger partial charge in [-0.25, -0.2) is 4.98 Å². The number of methoxy groups -OCH3 is 1. The molecule has 0 radical (unpaired) electrons. The minimum absolute atomic E-state index is 0.344. The largest absolute Gasteiger partial charge is 0.495 e. The van der Waals surface area contributed by atoms with Crippen LogP contribution in [0.3, 0.4) is 0 Å². The molecule has 10 heteroatoms. The summed E-state index contributed by atoms with van der Waals surface area (Å²) in [6.07, 6.45) is 4.87. The van der Waals surface area contributed by atoms with Crippen molar-refractivity contribution in [2.24, 2.45) is 0 Å². The lowest BCUT2D eigenvalue weighted by atomic mass is 10.00. The predicted molar refractivity (Wildman–Crippen MR) is 140 cm³/mol. The Hall–Kier alpha value is -3.30. The van der Waals surface area contributed by atoms with Gasteiger partial charge in [0, 0.05) is 49.4 Å². The number of anilines is 1. The summed E-state index contributed by atoms with van der Waals surface area (Å²) in [6.45, 7) is 4.08. The number of ether oxygens (including phenoxy) is 2. The number of nitrogens with zero attached hydrogens (tertiary/aromatic N) is 4. The maximum atomic E-state index is 13.2. The van der Waals surface area contributed by atoms with Crippen molar-refractivity contribution in [3.63, 3.8) is 0 Å². The smallest absolute Gasteiger partial charge is 0.259 e. The lowest BCUT2D eigenvalue weighted by Gasteiger charge is -2.26. The number of amides is 1. The Kier molecular flexibility index (Phi) is 7.29. The first-order chi connectivity index (χ1) is 17.5. The normalized spacial score (nSPS) is 14.1. The van der Waals surface area contributed by atoms with Crippen LogP contribution in [0, 0.1) is 0 Å². The molecule has 1 aliphatic rings. The van der Waals surface area contributed by atoms with Crippen LogP contribution < -0.4 is 10.1 Å². The van der Waals surface area contributed by atoms with Gasteiger partial charge >= 0.3 is 0 Å². The minimum atomic E-state index is -0.344. The minimum Gasteiger partial charge on any atom is -0.495 e. The summed E-state index contributed by atoms with van der Waals surface area (Å²) < 4.78 is 10.7. The molecule has 0 aliphatic carbocycles. The highest BCUT2D eigenvalue weighted by molar-refractivity contribution is 6.40. The number of morpholine rings is 1. The summed E-state index contributed by atoms with van der Waals surface area (Å²) in [7, 11) is 1.54. The Morgan fingerprint density at radius 2 is 1.81 bits per heavy atom. The summed E-state index contributed by atoms with van der Waals surface area (Å²) in [5, 5.41) is 3.65. The Bertz CT molecular complexity index is 1410. The Morgan fingerprint density at radius 3 is 2.53 bits per heavy atom. The van der Waals surface area contributed by atoms with Gasteiger partial charge in [0.1, 0.15) is 17.1 Å². The Balaban J connectivity index is 1.42. The first kappa shape index (κ1) is 24.4. The summed E-state index contributed by atoms with van der Waals surface area (Å²) in [6, 6.07) is 10.6. The topological polar surface area (TPSA) is 89.5 Å². The van der Waals surface area contributed by atoms with Crippen molar-refractivity contribution in [2.45, 2.75) is 6.54 Å². The molecule has 5 rings (SSSR count). The molecule has 1 aliphatic heterocycles. The molecular formula is C26H23Cl2N5O3. The van der Waals surface area contributed by atoms with Crippen LogP contribution >= 0.6 is 23.2 Å². The molecule has 36 heavy (non-hydrogen) atoms. The SMILES string of the molecule is COc1ccc(Cl)c(-c2ccc(C(=O)Nc3ccc(CN4CCOCC4)cn3)c3nccnc23)c1Cl. The van der Waals surface area contributed by atoms with Gasteiger partial charge in [-0.2, -0.15) is 0 Å². The van der Waals surface area contributed by atoms with E-state index >= 15 is 0 Å². The fourth-order valence-corrected chi connectivity index (χ4v) is 4.82.